The minimum absolute atomic E-state index is 0.584. The second kappa shape index (κ2) is 7.32. The molecule has 5 heteroatoms. The number of H-pyrrole nitrogens is 1. The highest BCUT2D eigenvalue weighted by molar-refractivity contribution is 6.02. The van der Waals surface area contributed by atoms with E-state index >= 15 is 0 Å². The Balaban J connectivity index is 1.33. The maximum atomic E-state index is 4.52. The first kappa shape index (κ1) is 17.3. The van der Waals surface area contributed by atoms with E-state index < -0.39 is 0 Å². The summed E-state index contributed by atoms with van der Waals surface area (Å²) in [7, 11) is 2.20. The van der Waals surface area contributed by atoms with E-state index in [1.807, 2.05) is 0 Å². The summed E-state index contributed by atoms with van der Waals surface area (Å²) in [4.78, 5) is 10.5. The van der Waals surface area contributed by atoms with Gasteiger partial charge in [-0.25, -0.2) is 0 Å². The number of fused-ring (bicyclic) bond motifs is 1. The number of rotatable bonds is 4. The van der Waals surface area contributed by atoms with Gasteiger partial charge in [0.1, 0.15) is 5.84 Å². The Morgan fingerprint density at radius 2 is 1.79 bits per heavy atom. The molecule has 5 nitrogen and oxygen atoms in total. The molecule has 144 valence electrons. The van der Waals surface area contributed by atoms with Crippen LogP contribution in [0.3, 0.4) is 0 Å². The van der Waals surface area contributed by atoms with Crippen molar-refractivity contribution in [1.29, 1.82) is 0 Å². The molecule has 0 atom stereocenters. The summed E-state index contributed by atoms with van der Waals surface area (Å²) < 4.78 is 0. The molecule has 3 aromatic rings. The maximum Gasteiger partial charge on any atom is 0.128 e. The Hall–Kier alpha value is -2.79. The first-order chi connectivity index (χ1) is 13.7. The second-order valence-electron chi connectivity index (χ2n) is 7.94. The number of hydrogen-bond donors (Lipinski definition) is 3. The summed E-state index contributed by atoms with van der Waals surface area (Å²) in [6, 6.07) is 18.1. The summed E-state index contributed by atoms with van der Waals surface area (Å²) in [5.74, 6) is 1.00. The molecule has 0 radical (unpaired) electrons. The number of aromatic amines is 1. The SMILES string of the molecule is CN1CCC(Nc2ccc(-c3cc4ccc(C5=NCCN5)cc4[nH]3)cc2)CC1. The second-order valence-corrected chi connectivity index (χ2v) is 7.94. The molecular weight excluding hydrogens is 346 g/mol. The largest absolute Gasteiger partial charge is 0.382 e. The summed E-state index contributed by atoms with van der Waals surface area (Å²) >= 11 is 0. The van der Waals surface area contributed by atoms with Crippen LogP contribution in [0.2, 0.25) is 0 Å². The fraction of sp³-hybridized carbons (Fsp3) is 0.348. The first-order valence-electron chi connectivity index (χ1n) is 10.2. The highest BCUT2D eigenvalue weighted by Gasteiger charge is 2.16. The van der Waals surface area contributed by atoms with Crippen LogP contribution in [0, 0.1) is 0 Å². The van der Waals surface area contributed by atoms with Crippen LogP contribution in [-0.4, -0.2) is 55.0 Å². The molecular formula is C23H27N5. The third-order valence-corrected chi connectivity index (χ3v) is 5.86. The van der Waals surface area contributed by atoms with Crippen molar-refractivity contribution < 1.29 is 0 Å². The average molecular weight is 374 g/mol. The van der Waals surface area contributed by atoms with Crippen LogP contribution in [0.25, 0.3) is 22.2 Å². The van der Waals surface area contributed by atoms with Gasteiger partial charge in [0, 0.05) is 40.4 Å². The van der Waals surface area contributed by atoms with Gasteiger partial charge in [0.25, 0.3) is 0 Å². The number of benzene rings is 2. The Morgan fingerprint density at radius 3 is 2.54 bits per heavy atom. The fourth-order valence-electron chi connectivity index (χ4n) is 4.16. The molecule has 1 aromatic heterocycles. The van der Waals surface area contributed by atoms with Gasteiger partial charge in [0.15, 0.2) is 0 Å². The predicted octanol–water partition coefficient (Wildman–Crippen LogP) is 3.69. The lowest BCUT2D eigenvalue weighted by atomic mass is 10.0. The van der Waals surface area contributed by atoms with E-state index in [0.29, 0.717) is 6.04 Å². The van der Waals surface area contributed by atoms with Gasteiger partial charge >= 0.3 is 0 Å². The quantitative estimate of drug-likeness (QED) is 0.654. The lowest BCUT2D eigenvalue weighted by molar-refractivity contribution is 0.264. The molecule has 0 aliphatic carbocycles. The van der Waals surface area contributed by atoms with Crippen LogP contribution in [0.1, 0.15) is 18.4 Å². The van der Waals surface area contributed by atoms with E-state index in [2.05, 4.69) is 81.1 Å². The van der Waals surface area contributed by atoms with Crippen molar-refractivity contribution in [3.05, 3.63) is 54.1 Å². The number of hydrogen-bond acceptors (Lipinski definition) is 4. The summed E-state index contributed by atoms with van der Waals surface area (Å²) in [6.07, 6.45) is 2.42. The maximum absolute atomic E-state index is 4.52. The minimum atomic E-state index is 0.584. The molecule has 0 bridgehead atoms. The Kier molecular flexibility index (Phi) is 4.53. The summed E-state index contributed by atoms with van der Waals surface area (Å²) in [5.41, 5.74) is 5.87. The lowest BCUT2D eigenvalue weighted by Gasteiger charge is -2.30. The van der Waals surface area contributed by atoms with Gasteiger partial charge in [-0.3, -0.25) is 4.99 Å². The van der Waals surface area contributed by atoms with Gasteiger partial charge in [-0.15, -0.1) is 0 Å². The molecule has 1 fully saturated rings. The number of nitrogens with one attached hydrogen (secondary N) is 3. The number of amidine groups is 1. The molecule has 3 heterocycles. The molecule has 1 saturated heterocycles. The smallest absolute Gasteiger partial charge is 0.128 e. The van der Waals surface area contributed by atoms with Gasteiger partial charge in [0.2, 0.25) is 0 Å². The summed E-state index contributed by atoms with van der Waals surface area (Å²) in [5, 5.41) is 8.26. The van der Waals surface area contributed by atoms with Crippen LogP contribution in [0.15, 0.2) is 53.5 Å². The number of piperidine rings is 1. The molecule has 0 saturated carbocycles. The van der Waals surface area contributed by atoms with Crippen LogP contribution >= 0.6 is 0 Å². The molecule has 3 N–H and O–H groups in total. The van der Waals surface area contributed by atoms with Crippen LogP contribution < -0.4 is 10.6 Å². The Morgan fingerprint density at radius 1 is 1.00 bits per heavy atom. The van der Waals surface area contributed by atoms with E-state index in [-0.39, 0.29) is 0 Å². The van der Waals surface area contributed by atoms with E-state index in [1.54, 1.807) is 0 Å². The number of aliphatic imine (C=N–C) groups is 1. The normalized spacial score (nSPS) is 18.2. The van der Waals surface area contributed by atoms with Crippen LogP contribution in [0.4, 0.5) is 5.69 Å². The molecule has 5 rings (SSSR count). The van der Waals surface area contributed by atoms with Crippen LogP contribution in [-0.2, 0) is 0 Å². The van der Waals surface area contributed by atoms with E-state index in [0.717, 1.165) is 35.7 Å². The van der Waals surface area contributed by atoms with Gasteiger partial charge in [-0.1, -0.05) is 24.3 Å². The summed E-state index contributed by atoms with van der Waals surface area (Å²) in [6.45, 7) is 4.14. The number of anilines is 1. The molecule has 2 aromatic carbocycles. The zero-order chi connectivity index (χ0) is 18.9. The zero-order valence-corrected chi connectivity index (χ0v) is 16.3. The van der Waals surface area contributed by atoms with Crippen LogP contribution in [0.5, 0.6) is 0 Å². The minimum Gasteiger partial charge on any atom is -0.382 e. The van der Waals surface area contributed by atoms with E-state index in [4.69, 9.17) is 0 Å². The average Bonchev–Trinajstić information content (AvgIpc) is 3.39. The van der Waals surface area contributed by atoms with E-state index in [9.17, 15) is 0 Å². The molecule has 0 spiro atoms. The van der Waals surface area contributed by atoms with Crippen molar-refractivity contribution in [1.82, 2.24) is 15.2 Å². The van der Waals surface area contributed by atoms with Crippen molar-refractivity contribution in [3.63, 3.8) is 0 Å². The number of aromatic nitrogens is 1. The topological polar surface area (TPSA) is 55.4 Å². The third-order valence-electron chi connectivity index (χ3n) is 5.86. The molecule has 0 amide bonds. The van der Waals surface area contributed by atoms with Crippen molar-refractivity contribution in [2.45, 2.75) is 18.9 Å². The first-order valence-corrected chi connectivity index (χ1v) is 10.2. The van der Waals surface area contributed by atoms with Gasteiger partial charge in [0.05, 0.1) is 6.54 Å². The van der Waals surface area contributed by atoms with Crippen molar-refractivity contribution in [3.8, 4) is 11.3 Å². The highest BCUT2D eigenvalue weighted by atomic mass is 15.1. The zero-order valence-electron chi connectivity index (χ0n) is 16.3. The third kappa shape index (κ3) is 3.50. The van der Waals surface area contributed by atoms with Crippen molar-refractivity contribution in [2.24, 2.45) is 4.99 Å². The lowest BCUT2D eigenvalue weighted by Crippen LogP contribution is -2.36. The Bertz CT molecular complexity index is 994. The van der Waals surface area contributed by atoms with Gasteiger partial charge < -0.3 is 20.5 Å². The molecule has 28 heavy (non-hydrogen) atoms. The van der Waals surface area contributed by atoms with Crippen molar-refractivity contribution in [2.75, 3.05) is 38.5 Å². The fourth-order valence-corrected chi connectivity index (χ4v) is 4.16. The number of nitrogens with zero attached hydrogens (tertiary/aromatic N) is 2. The highest BCUT2D eigenvalue weighted by Crippen LogP contribution is 2.27. The van der Waals surface area contributed by atoms with E-state index in [1.165, 1.54) is 42.6 Å². The van der Waals surface area contributed by atoms with Crippen molar-refractivity contribution >= 4 is 22.4 Å². The standard InChI is InChI=1S/C23H27N5/c1-28-12-8-20(9-13-28)26-19-6-4-16(5-7-19)21-14-17-2-3-18(15-22(17)27-21)23-24-10-11-25-23/h2-7,14-15,20,26-27H,8-13H2,1H3,(H,24,25). The monoisotopic (exact) mass is 373 g/mol. The van der Waals surface area contributed by atoms with Gasteiger partial charge in [-0.05, 0) is 62.8 Å². The Labute approximate surface area is 165 Å². The molecule has 2 aliphatic heterocycles. The molecule has 0 unspecified atom stereocenters. The molecule has 2 aliphatic rings. The number of likely N-dealkylation sites (tertiary alicyclic amines) is 1. The van der Waals surface area contributed by atoms with Gasteiger partial charge in [-0.2, -0.15) is 0 Å². The predicted molar refractivity (Wildman–Crippen MR) is 117 cm³/mol.